The number of anilines is 3. The van der Waals surface area contributed by atoms with Crippen molar-refractivity contribution in [2.45, 2.75) is 0 Å². The van der Waals surface area contributed by atoms with Crippen LogP contribution < -0.4 is 11.1 Å². The largest absolute Gasteiger partial charge is 0.394 e. The lowest BCUT2D eigenvalue weighted by Gasteiger charge is -2.10. The molecule has 7 heteroatoms. The molecule has 0 amide bonds. The number of nitrogens with one attached hydrogen (secondary N) is 1. The van der Waals surface area contributed by atoms with Crippen LogP contribution in [-0.4, -0.2) is 9.97 Å². The predicted molar refractivity (Wildman–Crippen MR) is 68.8 cm³/mol. The highest BCUT2D eigenvalue weighted by atomic mass is 79.9. The highest BCUT2D eigenvalue weighted by Crippen LogP contribution is 2.29. The molecule has 1 aromatic heterocycles. The maximum atomic E-state index is 13.6. The number of rotatable bonds is 2. The Balaban J connectivity index is 2.41. The van der Waals surface area contributed by atoms with E-state index in [0.717, 1.165) is 0 Å². The molecule has 0 saturated heterocycles. The number of benzene rings is 1. The Bertz CT molecular complexity index is 544. The zero-order valence-electron chi connectivity index (χ0n) is 8.42. The summed E-state index contributed by atoms with van der Waals surface area (Å²) in [5, 5.41) is 2.80. The van der Waals surface area contributed by atoms with Crippen LogP contribution >= 0.6 is 27.5 Å². The summed E-state index contributed by atoms with van der Waals surface area (Å²) >= 11 is 8.87. The predicted octanol–water partition coefficient (Wildman–Crippen LogP) is 3.36. The highest BCUT2D eigenvalue weighted by molar-refractivity contribution is 9.10. The smallest absolute Gasteiger partial charge is 0.224 e. The number of halogens is 3. The van der Waals surface area contributed by atoms with E-state index in [1.807, 2.05) is 0 Å². The first kappa shape index (κ1) is 12.1. The van der Waals surface area contributed by atoms with Gasteiger partial charge < -0.3 is 11.1 Å². The molecule has 0 aliphatic heterocycles. The van der Waals surface area contributed by atoms with Gasteiger partial charge in [0.05, 0.1) is 17.6 Å². The topological polar surface area (TPSA) is 63.8 Å². The van der Waals surface area contributed by atoms with Crippen molar-refractivity contribution in [3.05, 3.63) is 40.0 Å². The highest BCUT2D eigenvalue weighted by Gasteiger charge is 2.10. The van der Waals surface area contributed by atoms with Crippen molar-refractivity contribution in [1.82, 2.24) is 9.97 Å². The molecule has 0 fully saturated rings. The zero-order chi connectivity index (χ0) is 12.4. The molecule has 0 radical (unpaired) electrons. The average molecular weight is 318 g/mol. The number of nitrogens with zero attached hydrogens (tertiary/aromatic N) is 2. The first-order valence-corrected chi connectivity index (χ1v) is 5.74. The van der Waals surface area contributed by atoms with Gasteiger partial charge in [0.25, 0.3) is 0 Å². The molecule has 1 heterocycles. The molecule has 0 bridgehead atoms. The molecule has 0 atom stereocenters. The number of aromatic nitrogens is 2. The second-order valence-electron chi connectivity index (χ2n) is 3.16. The number of hydrogen-bond donors (Lipinski definition) is 2. The van der Waals surface area contributed by atoms with Gasteiger partial charge in [0.1, 0.15) is 5.82 Å². The van der Waals surface area contributed by atoms with Crippen molar-refractivity contribution < 1.29 is 4.39 Å². The summed E-state index contributed by atoms with van der Waals surface area (Å²) in [5.41, 5.74) is 6.18. The van der Waals surface area contributed by atoms with Gasteiger partial charge in [-0.25, -0.2) is 9.37 Å². The van der Waals surface area contributed by atoms with Gasteiger partial charge in [-0.2, -0.15) is 4.98 Å². The lowest BCUT2D eigenvalue weighted by molar-refractivity contribution is 0.631. The summed E-state index contributed by atoms with van der Waals surface area (Å²) in [5.74, 6) is -0.163. The van der Waals surface area contributed by atoms with Crippen molar-refractivity contribution in [1.29, 1.82) is 0 Å². The van der Waals surface area contributed by atoms with E-state index in [-0.39, 0.29) is 22.5 Å². The quantitative estimate of drug-likeness (QED) is 0.834. The normalized spacial score (nSPS) is 10.3. The second-order valence-corrected chi connectivity index (χ2v) is 4.36. The summed E-state index contributed by atoms with van der Waals surface area (Å²) in [6.45, 7) is 0. The molecule has 4 nitrogen and oxygen atoms in total. The molecule has 17 heavy (non-hydrogen) atoms. The van der Waals surface area contributed by atoms with Gasteiger partial charge in [0, 0.05) is 4.47 Å². The van der Waals surface area contributed by atoms with Crippen molar-refractivity contribution in [3.8, 4) is 0 Å². The SMILES string of the molecule is Nc1cnc(Cl)nc1Nc1c(F)cccc1Br. The van der Waals surface area contributed by atoms with Crippen LogP contribution in [0.5, 0.6) is 0 Å². The van der Waals surface area contributed by atoms with Crippen molar-refractivity contribution in [2.24, 2.45) is 0 Å². The summed E-state index contributed by atoms with van der Waals surface area (Å²) in [6, 6.07) is 4.61. The summed E-state index contributed by atoms with van der Waals surface area (Å²) in [7, 11) is 0. The summed E-state index contributed by atoms with van der Waals surface area (Å²) in [6.07, 6.45) is 1.35. The lowest BCUT2D eigenvalue weighted by atomic mass is 10.3. The molecule has 2 aromatic rings. The molecule has 88 valence electrons. The van der Waals surface area contributed by atoms with Crippen molar-refractivity contribution in [3.63, 3.8) is 0 Å². The van der Waals surface area contributed by atoms with Crippen LogP contribution in [0.3, 0.4) is 0 Å². The molecular weight excluding hydrogens is 310 g/mol. The van der Waals surface area contributed by atoms with Crippen LogP contribution in [-0.2, 0) is 0 Å². The lowest BCUT2D eigenvalue weighted by Crippen LogP contribution is -2.02. The van der Waals surface area contributed by atoms with E-state index in [1.165, 1.54) is 12.3 Å². The van der Waals surface area contributed by atoms with E-state index in [1.54, 1.807) is 12.1 Å². The molecule has 2 rings (SSSR count). The monoisotopic (exact) mass is 316 g/mol. The Labute approximate surface area is 110 Å². The van der Waals surface area contributed by atoms with E-state index in [0.29, 0.717) is 4.47 Å². The van der Waals surface area contributed by atoms with Gasteiger partial charge in [0.15, 0.2) is 5.82 Å². The van der Waals surface area contributed by atoms with Crippen LogP contribution in [0, 0.1) is 5.82 Å². The van der Waals surface area contributed by atoms with Crippen LogP contribution in [0.2, 0.25) is 5.28 Å². The van der Waals surface area contributed by atoms with Crippen LogP contribution in [0.25, 0.3) is 0 Å². The summed E-state index contributed by atoms with van der Waals surface area (Å²) in [4.78, 5) is 7.59. The minimum atomic E-state index is -0.423. The molecule has 1 aromatic carbocycles. The fourth-order valence-corrected chi connectivity index (χ4v) is 1.78. The number of nitrogen functional groups attached to an aromatic ring is 1. The van der Waals surface area contributed by atoms with Gasteiger partial charge in [0.2, 0.25) is 5.28 Å². The molecule has 0 aliphatic carbocycles. The van der Waals surface area contributed by atoms with Crippen LogP contribution in [0.15, 0.2) is 28.9 Å². The summed E-state index contributed by atoms with van der Waals surface area (Å²) < 4.78 is 14.1. The Hall–Kier alpha value is -1.40. The fraction of sp³-hybridized carbons (Fsp3) is 0. The van der Waals surface area contributed by atoms with E-state index in [9.17, 15) is 4.39 Å². The minimum absolute atomic E-state index is 0.0363. The van der Waals surface area contributed by atoms with Gasteiger partial charge in [-0.1, -0.05) is 6.07 Å². The first-order chi connectivity index (χ1) is 8.08. The third kappa shape index (κ3) is 2.65. The molecule has 3 N–H and O–H groups in total. The maximum absolute atomic E-state index is 13.6. The number of para-hydroxylation sites is 1. The Kier molecular flexibility index (Phi) is 3.44. The van der Waals surface area contributed by atoms with Crippen LogP contribution in [0.1, 0.15) is 0 Å². The maximum Gasteiger partial charge on any atom is 0.224 e. The average Bonchev–Trinajstić information content (AvgIpc) is 2.28. The van der Waals surface area contributed by atoms with Gasteiger partial charge in [-0.15, -0.1) is 0 Å². The van der Waals surface area contributed by atoms with Gasteiger partial charge in [-0.05, 0) is 39.7 Å². The Morgan fingerprint density at radius 2 is 2.18 bits per heavy atom. The molecule has 0 spiro atoms. The first-order valence-electron chi connectivity index (χ1n) is 4.57. The van der Waals surface area contributed by atoms with Gasteiger partial charge in [-0.3, -0.25) is 0 Å². The standard InChI is InChI=1S/C10H7BrClFN4/c11-5-2-1-3-6(13)8(5)16-9-7(14)4-15-10(12)17-9/h1-4H,14H2,(H,15,16,17). The van der Waals surface area contributed by atoms with Crippen molar-refractivity contribution in [2.75, 3.05) is 11.1 Å². The second kappa shape index (κ2) is 4.85. The van der Waals surface area contributed by atoms with Crippen molar-refractivity contribution >= 4 is 44.7 Å². The van der Waals surface area contributed by atoms with Gasteiger partial charge >= 0.3 is 0 Å². The van der Waals surface area contributed by atoms with Crippen LogP contribution in [0.4, 0.5) is 21.6 Å². The molecule has 0 aliphatic rings. The number of hydrogen-bond acceptors (Lipinski definition) is 4. The fourth-order valence-electron chi connectivity index (χ4n) is 1.21. The van der Waals surface area contributed by atoms with E-state index >= 15 is 0 Å². The molecule has 0 saturated carbocycles. The third-order valence-electron chi connectivity index (χ3n) is 1.99. The molecule has 0 unspecified atom stereocenters. The molecular formula is C10H7BrClFN4. The Morgan fingerprint density at radius 1 is 1.41 bits per heavy atom. The minimum Gasteiger partial charge on any atom is -0.394 e. The zero-order valence-corrected chi connectivity index (χ0v) is 10.8. The Morgan fingerprint density at radius 3 is 2.88 bits per heavy atom. The van der Waals surface area contributed by atoms with E-state index in [4.69, 9.17) is 17.3 Å². The third-order valence-corrected chi connectivity index (χ3v) is 2.84. The number of nitrogens with two attached hydrogens (primary N) is 1. The van der Waals surface area contributed by atoms with E-state index in [2.05, 4.69) is 31.2 Å². The van der Waals surface area contributed by atoms with E-state index < -0.39 is 5.82 Å².